The van der Waals surface area contributed by atoms with Crippen molar-refractivity contribution in [3.8, 4) is 5.75 Å². The van der Waals surface area contributed by atoms with Crippen molar-refractivity contribution in [1.29, 1.82) is 0 Å². The Balaban J connectivity index is 2.31. The van der Waals surface area contributed by atoms with Gasteiger partial charge < -0.3 is 9.84 Å². The molecule has 1 aromatic rings. The number of hydrogen-bond acceptors (Lipinski definition) is 5. The fourth-order valence-corrected chi connectivity index (χ4v) is 3.75. The summed E-state index contributed by atoms with van der Waals surface area (Å²) >= 11 is 6.35. The maximum Gasteiger partial charge on any atom is 0.326 e. The lowest BCUT2D eigenvalue weighted by Crippen LogP contribution is -2.43. The van der Waals surface area contributed by atoms with Gasteiger partial charge in [-0.2, -0.15) is 0 Å². The summed E-state index contributed by atoms with van der Waals surface area (Å²) in [6, 6.07) is 6.36. The quantitative estimate of drug-likeness (QED) is 0.423. The highest BCUT2D eigenvalue weighted by Crippen LogP contribution is 2.36. The van der Waals surface area contributed by atoms with E-state index in [9.17, 15) is 14.7 Å². The van der Waals surface area contributed by atoms with Gasteiger partial charge in [0, 0.05) is 5.56 Å². The Morgan fingerprint density at radius 3 is 2.84 bits per heavy atom. The Kier molecular flexibility index (Phi) is 6.78. The fourth-order valence-electron chi connectivity index (χ4n) is 2.41. The third-order valence-corrected chi connectivity index (χ3v) is 4.88. The smallest absolute Gasteiger partial charge is 0.326 e. The number of nitrogens with zero attached hydrogens (tertiary/aromatic N) is 1. The number of para-hydroxylation sites is 1. The van der Waals surface area contributed by atoms with Crippen LogP contribution in [0.3, 0.4) is 0 Å². The summed E-state index contributed by atoms with van der Waals surface area (Å²) in [6.07, 6.45) is 4.32. The molecule has 1 aliphatic heterocycles. The van der Waals surface area contributed by atoms with Gasteiger partial charge in [-0.15, -0.1) is 0 Å². The number of carboxylic acids is 1. The summed E-state index contributed by atoms with van der Waals surface area (Å²) in [5.41, 5.74) is 0.729. The zero-order valence-corrected chi connectivity index (χ0v) is 15.4. The van der Waals surface area contributed by atoms with Crippen LogP contribution in [0.5, 0.6) is 5.75 Å². The van der Waals surface area contributed by atoms with E-state index in [2.05, 4.69) is 6.58 Å². The average Bonchev–Trinajstić information content (AvgIpc) is 2.85. The van der Waals surface area contributed by atoms with Crippen LogP contribution in [0.25, 0.3) is 6.08 Å². The van der Waals surface area contributed by atoms with Gasteiger partial charge in [-0.3, -0.25) is 9.69 Å². The lowest BCUT2D eigenvalue weighted by molar-refractivity contribution is -0.145. The van der Waals surface area contributed by atoms with Gasteiger partial charge in [-0.1, -0.05) is 68.2 Å². The molecule has 0 aliphatic carbocycles. The first-order valence-corrected chi connectivity index (χ1v) is 9.04. The molecule has 0 saturated carbocycles. The van der Waals surface area contributed by atoms with E-state index in [0.29, 0.717) is 30.1 Å². The van der Waals surface area contributed by atoms with Crippen molar-refractivity contribution in [1.82, 2.24) is 4.90 Å². The Labute approximate surface area is 156 Å². The molecular formula is C18H19NO4S2. The number of aliphatic carboxylic acids is 1. The standard InChI is InChI=1S/C18H19NO4S2/c1-3-7-13(17(21)22)19-16(20)15(25-18(19)24)11-12-8-5-6-9-14(12)23-10-4-2/h4-6,8-9,11,13H,2-3,7,10H2,1H3,(H,21,22)/b15-11-/t13-/m0/s1. The Bertz CT molecular complexity index is 730. The van der Waals surface area contributed by atoms with E-state index in [1.807, 2.05) is 25.1 Å². The lowest BCUT2D eigenvalue weighted by Gasteiger charge is -2.22. The second-order valence-corrected chi connectivity index (χ2v) is 7.01. The fraction of sp³-hybridized carbons (Fsp3) is 0.278. The number of thioether (sulfide) groups is 1. The normalized spacial score (nSPS) is 17.0. The van der Waals surface area contributed by atoms with Crippen LogP contribution in [-0.2, 0) is 9.59 Å². The van der Waals surface area contributed by atoms with Crippen molar-refractivity contribution in [2.75, 3.05) is 6.61 Å². The summed E-state index contributed by atoms with van der Waals surface area (Å²) < 4.78 is 5.85. The van der Waals surface area contributed by atoms with E-state index in [-0.39, 0.29) is 10.2 Å². The molecule has 1 aromatic carbocycles. The molecule has 0 bridgehead atoms. The topological polar surface area (TPSA) is 66.8 Å². The van der Waals surface area contributed by atoms with Crippen LogP contribution in [0.2, 0.25) is 0 Å². The van der Waals surface area contributed by atoms with Crippen molar-refractivity contribution in [2.24, 2.45) is 0 Å². The van der Waals surface area contributed by atoms with E-state index in [0.717, 1.165) is 17.3 Å². The molecular weight excluding hydrogens is 358 g/mol. The van der Waals surface area contributed by atoms with E-state index in [1.165, 1.54) is 4.90 Å². The summed E-state index contributed by atoms with van der Waals surface area (Å²) in [4.78, 5) is 25.8. The van der Waals surface area contributed by atoms with Gasteiger partial charge in [-0.25, -0.2) is 4.79 Å². The highest BCUT2D eigenvalue weighted by Gasteiger charge is 2.40. The lowest BCUT2D eigenvalue weighted by atomic mass is 10.1. The number of carbonyl (C=O) groups is 2. The molecule has 7 heteroatoms. The molecule has 0 spiro atoms. The molecule has 132 valence electrons. The summed E-state index contributed by atoms with van der Waals surface area (Å²) in [5.74, 6) is -0.806. The summed E-state index contributed by atoms with van der Waals surface area (Å²) in [5, 5.41) is 9.41. The van der Waals surface area contributed by atoms with Crippen molar-refractivity contribution >= 4 is 46.3 Å². The minimum absolute atomic E-state index is 0.265. The highest BCUT2D eigenvalue weighted by molar-refractivity contribution is 8.26. The van der Waals surface area contributed by atoms with Gasteiger partial charge in [0.05, 0.1) is 4.91 Å². The molecule has 1 saturated heterocycles. The zero-order valence-electron chi connectivity index (χ0n) is 13.8. The number of amides is 1. The molecule has 0 aromatic heterocycles. The van der Waals surface area contributed by atoms with E-state index < -0.39 is 12.0 Å². The molecule has 1 fully saturated rings. The highest BCUT2D eigenvalue weighted by atomic mass is 32.2. The minimum Gasteiger partial charge on any atom is -0.489 e. The molecule has 1 amide bonds. The molecule has 0 radical (unpaired) electrons. The molecule has 0 unspecified atom stereocenters. The van der Waals surface area contributed by atoms with Gasteiger partial charge in [0.2, 0.25) is 0 Å². The number of carbonyl (C=O) groups excluding carboxylic acids is 1. The molecule has 1 N–H and O–H groups in total. The van der Waals surface area contributed by atoms with E-state index in [1.54, 1.807) is 18.2 Å². The first-order valence-electron chi connectivity index (χ1n) is 7.82. The van der Waals surface area contributed by atoms with Crippen LogP contribution in [-0.4, -0.2) is 38.9 Å². The minimum atomic E-state index is -1.05. The van der Waals surface area contributed by atoms with Crippen LogP contribution in [0.1, 0.15) is 25.3 Å². The van der Waals surface area contributed by atoms with Crippen molar-refractivity contribution < 1.29 is 19.4 Å². The number of rotatable bonds is 8. The van der Waals surface area contributed by atoms with Crippen molar-refractivity contribution in [3.05, 3.63) is 47.4 Å². The number of benzene rings is 1. The third kappa shape index (κ3) is 4.49. The maximum atomic E-state index is 12.7. The maximum absolute atomic E-state index is 12.7. The van der Waals surface area contributed by atoms with E-state index >= 15 is 0 Å². The van der Waals surface area contributed by atoms with Gasteiger partial charge in [0.25, 0.3) is 5.91 Å². The van der Waals surface area contributed by atoms with Crippen LogP contribution in [0, 0.1) is 0 Å². The largest absolute Gasteiger partial charge is 0.489 e. The van der Waals surface area contributed by atoms with Gasteiger partial charge in [0.15, 0.2) is 0 Å². The number of hydrogen-bond donors (Lipinski definition) is 1. The molecule has 5 nitrogen and oxygen atoms in total. The number of carboxylic acid groups (broad SMARTS) is 1. The first kappa shape index (κ1) is 19.2. The van der Waals surface area contributed by atoms with Crippen LogP contribution < -0.4 is 4.74 Å². The average molecular weight is 377 g/mol. The Morgan fingerprint density at radius 1 is 1.48 bits per heavy atom. The Morgan fingerprint density at radius 2 is 2.20 bits per heavy atom. The predicted octanol–water partition coefficient (Wildman–Crippen LogP) is 3.71. The number of thiocarbonyl (C=S) groups is 1. The Hall–Kier alpha value is -2.12. The molecule has 1 aliphatic rings. The summed E-state index contributed by atoms with van der Waals surface area (Å²) in [6.45, 7) is 5.84. The van der Waals surface area contributed by atoms with Gasteiger partial charge in [0.1, 0.15) is 22.7 Å². The SMILES string of the molecule is C=CCOc1ccccc1/C=C1\SC(=S)N([C@@H](CCC)C(=O)O)C1=O. The van der Waals surface area contributed by atoms with Gasteiger partial charge >= 0.3 is 5.97 Å². The zero-order chi connectivity index (χ0) is 18.4. The van der Waals surface area contributed by atoms with Crippen LogP contribution in [0.4, 0.5) is 0 Å². The first-order chi connectivity index (χ1) is 12.0. The number of ether oxygens (including phenoxy) is 1. The molecule has 2 rings (SSSR count). The van der Waals surface area contributed by atoms with Crippen molar-refractivity contribution in [3.63, 3.8) is 0 Å². The predicted molar refractivity (Wildman–Crippen MR) is 103 cm³/mol. The van der Waals surface area contributed by atoms with Crippen molar-refractivity contribution in [2.45, 2.75) is 25.8 Å². The molecule has 1 atom stereocenters. The van der Waals surface area contributed by atoms with Crippen LogP contribution in [0.15, 0.2) is 41.8 Å². The molecule has 25 heavy (non-hydrogen) atoms. The second kappa shape index (κ2) is 8.82. The molecule has 1 heterocycles. The summed E-state index contributed by atoms with van der Waals surface area (Å²) in [7, 11) is 0. The second-order valence-electron chi connectivity index (χ2n) is 5.33. The third-order valence-electron chi connectivity index (χ3n) is 3.54. The van der Waals surface area contributed by atoms with Gasteiger partial charge in [-0.05, 0) is 18.6 Å². The van der Waals surface area contributed by atoms with E-state index in [4.69, 9.17) is 17.0 Å². The van der Waals surface area contributed by atoms with Crippen LogP contribution >= 0.6 is 24.0 Å². The monoisotopic (exact) mass is 377 g/mol.